The Bertz CT molecular complexity index is 670. The number of ether oxygens (including phenoxy) is 1. The molecule has 0 spiro atoms. The molecule has 1 atom stereocenters. The standard InChI is InChI=1S/C18H30N2O4S/c1-6-9-15(5)19-18(21)13-24-17-11-10-16(12-14(17)4)25(22,23)20(7-2)8-3/h10-12,15H,6-9,13H2,1-5H3,(H,19,21)/t15-/m1/s1. The molecule has 1 aromatic carbocycles. The van der Waals surface area contributed by atoms with Gasteiger partial charge < -0.3 is 10.1 Å². The Balaban J connectivity index is 2.78. The van der Waals surface area contributed by atoms with Crippen molar-refractivity contribution in [2.45, 2.75) is 58.4 Å². The molecule has 0 saturated carbocycles. The average molecular weight is 371 g/mol. The third-order valence-corrected chi connectivity index (χ3v) is 6.02. The first-order valence-corrected chi connectivity index (χ1v) is 10.2. The van der Waals surface area contributed by atoms with Crippen LogP contribution in [-0.4, -0.2) is 44.4 Å². The van der Waals surface area contributed by atoms with Crippen molar-refractivity contribution in [3.8, 4) is 5.75 Å². The van der Waals surface area contributed by atoms with Crippen LogP contribution in [0.2, 0.25) is 0 Å². The van der Waals surface area contributed by atoms with Crippen molar-refractivity contribution in [3.63, 3.8) is 0 Å². The first kappa shape index (κ1) is 21.4. The molecule has 25 heavy (non-hydrogen) atoms. The van der Waals surface area contributed by atoms with Gasteiger partial charge in [-0.2, -0.15) is 4.31 Å². The van der Waals surface area contributed by atoms with Crippen LogP contribution in [0, 0.1) is 6.92 Å². The predicted octanol–water partition coefficient (Wildman–Crippen LogP) is 2.71. The number of benzene rings is 1. The van der Waals surface area contributed by atoms with E-state index in [2.05, 4.69) is 12.2 Å². The number of hydrogen-bond donors (Lipinski definition) is 1. The lowest BCUT2D eigenvalue weighted by Crippen LogP contribution is -2.36. The molecule has 0 radical (unpaired) electrons. The number of amides is 1. The fraction of sp³-hybridized carbons (Fsp3) is 0.611. The zero-order chi connectivity index (χ0) is 19.0. The molecule has 0 fully saturated rings. The third-order valence-electron chi connectivity index (χ3n) is 3.98. The molecular weight excluding hydrogens is 340 g/mol. The van der Waals surface area contributed by atoms with Gasteiger partial charge in [0.2, 0.25) is 10.0 Å². The Morgan fingerprint density at radius 1 is 1.24 bits per heavy atom. The number of rotatable bonds is 10. The molecule has 0 aliphatic carbocycles. The first-order chi connectivity index (χ1) is 11.8. The second-order valence-electron chi connectivity index (χ2n) is 6.06. The number of nitrogens with zero attached hydrogens (tertiary/aromatic N) is 1. The van der Waals surface area contributed by atoms with Gasteiger partial charge in [0.1, 0.15) is 5.75 Å². The Labute approximate surface area is 151 Å². The normalized spacial score (nSPS) is 12.9. The van der Waals surface area contributed by atoms with Crippen LogP contribution < -0.4 is 10.1 Å². The molecular formula is C18H30N2O4S. The van der Waals surface area contributed by atoms with Crippen molar-refractivity contribution in [3.05, 3.63) is 23.8 Å². The highest BCUT2D eigenvalue weighted by molar-refractivity contribution is 7.89. The summed E-state index contributed by atoms with van der Waals surface area (Å²) in [6.07, 6.45) is 1.92. The lowest BCUT2D eigenvalue weighted by Gasteiger charge is -2.19. The fourth-order valence-corrected chi connectivity index (χ4v) is 4.17. The average Bonchev–Trinajstić information content (AvgIpc) is 2.54. The fourth-order valence-electron chi connectivity index (χ4n) is 2.62. The van der Waals surface area contributed by atoms with Gasteiger partial charge in [-0.15, -0.1) is 0 Å². The summed E-state index contributed by atoms with van der Waals surface area (Å²) in [5, 5.41) is 2.87. The third kappa shape index (κ3) is 6.01. The molecule has 1 aromatic rings. The van der Waals surface area contributed by atoms with Crippen LogP contribution in [0.1, 0.15) is 46.1 Å². The minimum Gasteiger partial charge on any atom is -0.484 e. The van der Waals surface area contributed by atoms with Gasteiger partial charge in [0, 0.05) is 19.1 Å². The monoisotopic (exact) mass is 370 g/mol. The molecule has 1 rings (SSSR count). The number of carbonyl (C=O) groups is 1. The molecule has 0 bridgehead atoms. The Morgan fingerprint density at radius 3 is 2.40 bits per heavy atom. The van der Waals surface area contributed by atoms with E-state index in [0.717, 1.165) is 12.8 Å². The van der Waals surface area contributed by atoms with Gasteiger partial charge in [0.15, 0.2) is 6.61 Å². The summed E-state index contributed by atoms with van der Waals surface area (Å²) >= 11 is 0. The van der Waals surface area contributed by atoms with Crippen molar-refractivity contribution in [2.75, 3.05) is 19.7 Å². The van der Waals surface area contributed by atoms with Crippen molar-refractivity contribution >= 4 is 15.9 Å². The van der Waals surface area contributed by atoms with E-state index in [0.29, 0.717) is 24.4 Å². The van der Waals surface area contributed by atoms with Gasteiger partial charge in [-0.1, -0.05) is 27.2 Å². The van der Waals surface area contributed by atoms with Crippen LogP contribution in [0.25, 0.3) is 0 Å². The summed E-state index contributed by atoms with van der Waals surface area (Å²) < 4.78 is 32.0. The lowest BCUT2D eigenvalue weighted by molar-refractivity contribution is -0.123. The van der Waals surface area contributed by atoms with E-state index in [9.17, 15) is 13.2 Å². The number of nitrogens with one attached hydrogen (secondary N) is 1. The maximum Gasteiger partial charge on any atom is 0.258 e. The second-order valence-corrected chi connectivity index (χ2v) is 8.00. The molecule has 7 heteroatoms. The van der Waals surface area contributed by atoms with Crippen molar-refractivity contribution in [2.24, 2.45) is 0 Å². The van der Waals surface area contributed by atoms with E-state index in [-0.39, 0.29) is 23.5 Å². The summed E-state index contributed by atoms with van der Waals surface area (Å²) in [4.78, 5) is 12.1. The minimum absolute atomic E-state index is 0.0863. The van der Waals surface area contributed by atoms with Crippen LogP contribution in [0.15, 0.2) is 23.1 Å². The largest absolute Gasteiger partial charge is 0.484 e. The summed E-state index contributed by atoms with van der Waals surface area (Å²) in [6, 6.07) is 4.83. The van der Waals surface area contributed by atoms with Crippen LogP contribution >= 0.6 is 0 Å². The Morgan fingerprint density at radius 2 is 1.88 bits per heavy atom. The highest BCUT2D eigenvalue weighted by Crippen LogP contribution is 2.24. The molecule has 1 amide bonds. The lowest BCUT2D eigenvalue weighted by atomic mass is 10.2. The number of aryl methyl sites for hydroxylation is 1. The van der Waals surface area contributed by atoms with Crippen molar-refractivity contribution in [1.29, 1.82) is 0 Å². The topological polar surface area (TPSA) is 75.7 Å². The zero-order valence-corrected chi connectivity index (χ0v) is 16.6. The van der Waals surface area contributed by atoms with Crippen LogP contribution in [0.3, 0.4) is 0 Å². The van der Waals surface area contributed by atoms with Crippen molar-refractivity contribution < 1.29 is 17.9 Å². The van der Waals surface area contributed by atoms with Crippen LogP contribution in [0.4, 0.5) is 0 Å². The van der Waals surface area contributed by atoms with Gasteiger partial charge in [0.25, 0.3) is 5.91 Å². The maximum absolute atomic E-state index is 12.5. The molecule has 0 heterocycles. The maximum atomic E-state index is 12.5. The van der Waals surface area contributed by atoms with Gasteiger partial charge in [0.05, 0.1) is 4.90 Å². The summed E-state index contributed by atoms with van der Waals surface area (Å²) in [5.41, 5.74) is 0.683. The van der Waals surface area contributed by atoms with Crippen LogP contribution in [-0.2, 0) is 14.8 Å². The summed E-state index contributed by atoms with van der Waals surface area (Å²) in [7, 11) is -3.50. The molecule has 1 N–H and O–H groups in total. The van der Waals surface area contributed by atoms with E-state index in [4.69, 9.17) is 4.74 Å². The molecule has 0 aromatic heterocycles. The second kappa shape index (κ2) is 9.77. The van der Waals surface area contributed by atoms with Gasteiger partial charge in [-0.25, -0.2) is 8.42 Å². The van der Waals surface area contributed by atoms with Crippen molar-refractivity contribution in [1.82, 2.24) is 9.62 Å². The molecule has 142 valence electrons. The number of hydrogen-bond acceptors (Lipinski definition) is 4. The quantitative estimate of drug-likeness (QED) is 0.687. The first-order valence-electron chi connectivity index (χ1n) is 8.79. The van der Waals surface area contributed by atoms with Crippen LogP contribution in [0.5, 0.6) is 5.75 Å². The van der Waals surface area contributed by atoms with Gasteiger partial charge >= 0.3 is 0 Å². The summed E-state index contributed by atoms with van der Waals surface area (Å²) in [6.45, 7) is 10.2. The Hall–Kier alpha value is -1.60. The molecule has 0 aliphatic rings. The summed E-state index contributed by atoms with van der Waals surface area (Å²) in [5.74, 6) is 0.331. The van der Waals surface area contributed by atoms with E-state index in [1.807, 2.05) is 20.8 Å². The van der Waals surface area contributed by atoms with E-state index in [1.165, 1.54) is 10.4 Å². The predicted molar refractivity (Wildman–Crippen MR) is 99.3 cm³/mol. The minimum atomic E-state index is -3.50. The number of carbonyl (C=O) groups excluding carboxylic acids is 1. The smallest absolute Gasteiger partial charge is 0.258 e. The molecule has 0 saturated heterocycles. The highest BCUT2D eigenvalue weighted by Gasteiger charge is 2.22. The zero-order valence-electron chi connectivity index (χ0n) is 15.8. The molecule has 0 unspecified atom stereocenters. The number of sulfonamides is 1. The SMILES string of the molecule is CCC[C@@H](C)NC(=O)COc1ccc(S(=O)(=O)N(CC)CC)cc1C. The molecule has 6 nitrogen and oxygen atoms in total. The van der Waals surface area contributed by atoms with Gasteiger partial charge in [-0.3, -0.25) is 4.79 Å². The van der Waals surface area contributed by atoms with Gasteiger partial charge in [-0.05, 0) is 44.0 Å². The highest BCUT2D eigenvalue weighted by atomic mass is 32.2. The molecule has 0 aliphatic heterocycles. The van der Waals surface area contributed by atoms with E-state index >= 15 is 0 Å². The Kier molecular flexibility index (Phi) is 8.38. The van der Waals surface area contributed by atoms with E-state index < -0.39 is 10.0 Å². The van der Waals surface area contributed by atoms with E-state index in [1.54, 1.807) is 19.1 Å².